The van der Waals surface area contributed by atoms with Crippen LogP contribution in [0, 0.1) is 5.92 Å². The predicted molar refractivity (Wildman–Crippen MR) is 124 cm³/mol. The van der Waals surface area contributed by atoms with E-state index in [1.807, 2.05) is 0 Å². The summed E-state index contributed by atoms with van der Waals surface area (Å²) in [7, 11) is -1.80. The summed E-state index contributed by atoms with van der Waals surface area (Å²) >= 11 is 6.84. The van der Waals surface area contributed by atoms with E-state index in [0.29, 0.717) is 34.8 Å². The van der Waals surface area contributed by atoms with E-state index in [1.54, 1.807) is 13.1 Å². The number of likely N-dealkylation sites (tertiary alicyclic amines) is 1. The van der Waals surface area contributed by atoms with Crippen LogP contribution < -0.4 is 15.4 Å². The van der Waals surface area contributed by atoms with E-state index < -0.39 is 10.0 Å². The van der Waals surface area contributed by atoms with Crippen molar-refractivity contribution in [3.05, 3.63) is 16.5 Å². The maximum absolute atomic E-state index is 12.1. The standard InChI is InChI=1S/C16H28ClN5O2S2.HI/c1-11(2)22-9-12(3)13(10-22)21-16(18-4)19-7-8-20-26(23,24)15-6-5-14(17)25-15;/h5-6,11-13,20H,7-10H2,1-4H3,(H2,18,19,21);1H. The highest BCUT2D eigenvalue weighted by molar-refractivity contribution is 14.0. The molecule has 0 aromatic carbocycles. The fraction of sp³-hybridized carbons (Fsp3) is 0.688. The monoisotopic (exact) mass is 549 g/mol. The van der Waals surface area contributed by atoms with E-state index in [1.165, 1.54) is 6.07 Å². The molecule has 1 aromatic rings. The second kappa shape index (κ2) is 11.1. The average Bonchev–Trinajstić information content (AvgIpc) is 3.17. The number of thiophene rings is 1. The Kier molecular flexibility index (Phi) is 10.3. The molecule has 27 heavy (non-hydrogen) atoms. The van der Waals surface area contributed by atoms with Crippen molar-refractivity contribution < 1.29 is 8.42 Å². The first-order valence-electron chi connectivity index (χ1n) is 8.69. The molecule has 11 heteroatoms. The molecule has 3 N–H and O–H groups in total. The zero-order valence-corrected chi connectivity index (χ0v) is 20.7. The van der Waals surface area contributed by atoms with Gasteiger partial charge in [-0.25, -0.2) is 13.1 Å². The Morgan fingerprint density at radius 3 is 2.59 bits per heavy atom. The van der Waals surface area contributed by atoms with Crippen molar-refractivity contribution in [2.24, 2.45) is 10.9 Å². The average molecular weight is 550 g/mol. The molecule has 1 aliphatic heterocycles. The lowest BCUT2D eigenvalue weighted by Crippen LogP contribution is -2.48. The second-order valence-electron chi connectivity index (χ2n) is 6.73. The molecular weight excluding hydrogens is 521 g/mol. The molecule has 0 bridgehead atoms. The molecule has 0 spiro atoms. The first-order valence-corrected chi connectivity index (χ1v) is 11.4. The quantitative estimate of drug-likeness (QED) is 0.210. The van der Waals surface area contributed by atoms with E-state index in [-0.39, 0.29) is 34.7 Å². The molecule has 0 aliphatic carbocycles. The highest BCUT2D eigenvalue weighted by atomic mass is 127. The molecule has 0 amide bonds. The Balaban J connectivity index is 0.00000364. The van der Waals surface area contributed by atoms with Crippen molar-refractivity contribution >= 4 is 62.9 Å². The van der Waals surface area contributed by atoms with Gasteiger partial charge in [-0.3, -0.25) is 9.89 Å². The van der Waals surface area contributed by atoms with Crippen LogP contribution in [0.1, 0.15) is 20.8 Å². The van der Waals surface area contributed by atoms with Gasteiger partial charge >= 0.3 is 0 Å². The summed E-state index contributed by atoms with van der Waals surface area (Å²) < 4.78 is 27.5. The van der Waals surface area contributed by atoms with Crippen LogP contribution in [0.15, 0.2) is 21.3 Å². The minimum atomic E-state index is -3.51. The Morgan fingerprint density at radius 1 is 1.37 bits per heavy atom. The number of rotatable bonds is 7. The Bertz CT molecular complexity index is 726. The molecule has 0 radical (unpaired) electrons. The lowest BCUT2D eigenvalue weighted by molar-refractivity contribution is 0.265. The molecule has 156 valence electrons. The van der Waals surface area contributed by atoms with Crippen LogP contribution in [0.5, 0.6) is 0 Å². The van der Waals surface area contributed by atoms with E-state index >= 15 is 0 Å². The number of aliphatic imine (C=N–C) groups is 1. The Morgan fingerprint density at radius 2 is 2.07 bits per heavy atom. The lowest BCUT2D eigenvalue weighted by Gasteiger charge is -2.22. The highest BCUT2D eigenvalue weighted by Gasteiger charge is 2.31. The van der Waals surface area contributed by atoms with Crippen LogP contribution in [0.2, 0.25) is 4.34 Å². The molecular formula is C16H29ClIN5O2S2. The third kappa shape index (κ3) is 7.32. The first kappa shape index (κ1) is 24.9. The number of hydrogen-bond acceptors (Lipinski definition) is 5. The first-order chi connectivity index (χ1) is 12.2. The minimum Gasteiger partial charge on any atom is -0.355 e. The summed E-state index contributed by atoms with van der Waals surface area (Å²) in [6, 6.07) is 3.94. The Labute approximate surface area is 188 Å². The van der Waals surface area contributed by atoms with Gasteiger partial charge in [-0.05, 0) is 31.9 Å². The maximum Gasteiger partial charge on any atom is 0.250 e. The third-order valence-electron chi connectivity index (χ3n) is 4.44. The summed E-state index contributed by atoms with van der Waals surface area (Å²) in [5, 5.41) is 6.60. The summed E-state index contributed by atoms with van der Waals surface area (Å²) in [6.45, 7) is 9.38. The van der Waals surface area contributed by atoms with Crippen molar-refractivity contribution in [2.45, 2.75) is 37.1 Å². The molecule has 2 rings (SSSR count). The number of halogens is 2. The summed E-state index contributed by atoms with van der Waals surface area (Å²) in [5.74, 6) is 1.21. The number of hydrogen-bond donors (Lipinski definition) is 3. The smallest absolute Gasteiger partial charge is 0.250 e. The number of nitrogens with zero attached hydrogens (tertiary/aromatic N) is 2. The van der Waals surface area contributed by atoms with E-state index in [0.717, 1.165) is 24.4 Å². The largest absolute Gasteiger partial charge is 0.355 e. The van der Waals surface area contributed by atoms with Crippen LogP contribution in [-0.2, 0) is 10.0 Å². The molecule has 7 nitrogen and oxygen atoms in total. The fourth-order valence-electron chi connectivity index (χ4n) is 2.86. The predicted octanol–water partition coefficient (Wildman–Crippen LogP) is 2.19. The molecule has 2 heterocycles. The molecule has 0 saturated carbocycles. The molecule has 1 saturated heterocycles. The van der Waals surface area contributed by atoms with Gasteiger partial charge in [0, 0.05) is 45.3 Å². The van der Waals surface area contributed by atoms with Crippen molar-refractivity contribution in [1.29, 1.82) is 0 Å². The zero-order valence-electron chi connectivity index (χ0n) is 16.0. The molecule has 1 aromatic heterocycles. The number of guanidine groups is 1. The molecule has 2 atom stereocenters. The number of sulfonamides is 1. The van der Waals surface area contributed by atoms with Crippen LogP contribution in [-0.4, -0.2) is 64.6 Å². The van der Waals surface area contributed by atoms with Crippen LogP contribution in [0.3, 0.4) is 0 Å². The van der Waals surface area contributed by atoms with Gasteiger partial charge in [-0.15, -0.1) is 35.3 Å². The fourth-order valence-corrected chi connectivity index (χ4v) is 5.42. The summed E-state index contributed by atoms with van der Waals surface area (Å²) in [4.78, 5) is 6.68. The lowest BCUT2D eigenvalue weighted by atomic mass is 10.1. The molecule has 1 aliphatic rings. The van der Waals surface area contributed by atoms with Crippen molar-refractivity contribution in [3.63, 3.8) is 0 Å². The molecule has 1 fully saturated rings. The third-order valence-corrected chi connectivity index (χ3v) is 7.62. The van der Waals surface area contributed by atoms with Gasteiger partial charge in [-0.2, -0.15) is 0 Å². The zero-order chi connectivity index (χ0) is 19.3. The topological polar surface area (TPSA) is 85.8 Å². The summed E-state index contributed by atoms with van der Waals surface area (Å²) in [6.07, 6.45) is 0. The van der Waals surface area contributed by atoms with Crippen molar-refractivity contribution in [1.82, 2.24) is 20.3 Å². The SMILES string of the molecule is CN=C(NCCNS(=O)(=O)c1ccc(Cl)s1)NC1CN(C(C)C)CC1C.I. The van der Waals surface area contributed by atoms with Crippen molar-refractivity contribution in [2.75, 3.05) is 33.2 Å². The van der Waals surface area contributed by atoms with Crippen LogP contribution in [0.4, 0.5) is 0 Å². The van der Waals surface area contributed by atoms with E-state index in [4.69, 9.17) is 11.6 Å². The van der Waals surface area contributed by atoms with Gasteiger partial charge in [0.05, 0.1) is 4.34 Å². The molecule has 2 unspecified atom stereocenters. The van der Waals surface area contributed by atoms with Gasteiger partial charge in [0.2, 0.25) is 10.0 Å². The van der Waals surface area contributed by atoms with Crippen molar-refractivity contribution in [3.8, 4) is 0 Å². The highest BCUT2D eigenvalue weighted by Crippen LogP contribution is 2.25. The van der Waals surface area contributed by atoms with Gasteiger partial charge in [0.1, 0.15) is 4.21 Å². The maximum atomic E-state index is 12.1. The number of nitrogens with one attached hydrogen (secondary N) is 3. The van der Waals surface area contributed by atoms with Gasteiger partial charge < -0.3 is 10.6 Å². The van der Waals surface area contributed by atoms with E-state index in [2.05, 4.69) is 46.0 Å². The normalized spacial score (nSPS) is 21.3. The second-order valence-corrected chi connectivity index (χ2v) is 10.4. The van der Waals surface area contributed by atoms with Crippen LogP contribution in [0.25, 0.3) is 0 Å². The minimum absolute atomic E-state index is 0. The Hall–Kier alpha value is -0.140. The van der Waals surface area contributed by atoms with Crippen LogP contribution >= 0.6 is 46.9 Å². The van der Waals surface area contributed by atoms with Gasteiger partial charge in [0.25, 0.3) is 0 Å². The van der Waals surface area contributed by atoms with Gasteiger partial charge in [0.15, 0.2) is 5.96 Å². The van der Waals surface area contributed by atoms with Gasteiger partial charge in [-0.1, -0.05) is 18.5 Å². The van der Waals surface area contributed by atoms with E-state index in [9.17, 15) is 8.42 Å². The summed E-state index contributed by atoms with van der Waals surface area (Å²) in [5.41, 5.74) is 0.